The lowest BCUT2D eigenvalue weighted by molar-refractivity contribution is -0.00379. The minimum absolute atomic E-state index is 0.327. The maximum atomic E-state index is 13.3. The Labute approximate surface area is 281 Å². The summed E-state index contributed by atoms with van der Waals surface area (Å²) in [5.41, 5.74) is 2.96. The molecule has 0 saturated carbocycles. The number of carbonyl (C=O) groups is 2. The second-order valence-electron chi connectivity index (χ2n) is 10.4. The van der Waals surface area contributed by atoms with E-state index in [1.54, 1.807) is 69.9 Å². The number of halogens is 2. The lowest BCUT2D eigenvalue weighted by Crippen LogP contribution is -2.28. The first-order valence-electron chi connectivity index (χ1n) is 14.5. The van der Waals surface area contributed by atoms with Crippen LogP contribution in [0.15, 0.2) is 99.9 Å². The van der Waals surface area contributed by atoms with Crippen molar-refractivity contribution in [2.24, 2.45) is 0 Å². The lowest BCUT2D eigenvalue weighted by atomic mass is 9.98. The predicted octanol–water partition coefficient (Wildman–Crippen LogP) is 8.64. The first kappa shape index (κ1) is 34.1. The van der Waals surface area contributed by atoms with Gasteiger partial charge in [0.1, 0.15) is 18.0 Å². The summed E-state index contributed by atoms with van der Waals surface area (Å²) in [7, 11) is 4.82. The van der Waals surface area contributed by atoms with Crippen LogP contribution in [-0.4, -0.2) is 45.5 Å². The molecule has 9 heteroatoms. The molecule has 0 unspecified atom stereocenters. The van der Waals surface area contributed by atoms with Crippen LogP contribution < -0.4 is 14.2 Å². The van der Waals surface area contributed by atoms with Crippen molar-refractivity contribution < 1.29 is 33.3 Å². The zero-order valence-corrected chi connectivity index (χ0v) is 28.6. The molecule has 0 spiro atoms. The number of rotatable bonds is 15. The molecule has 0 aliphatic heterocycles. The highest BCUT2D eigenvalue weighted by atomic mass is 79.9. The highest BCUT2D eigenvalue weighted by Crippen LogP contribution is 2.29. The standard InChI is InChI=1S/C36H36Br2O7/c1-41-30-17-4-24(5-18-30)6-19-31(44-35(39)26-9-13-28(37)14-10-26)23-32(45-36(40)27-11-15-29(38)16-12-27)20-7-25-8-21-33(42-2)34(22-25)43-3/h4-5,8-18,21-22,31-32H,6-7,19-20,23H2,1-3H3/t31-,32-/m0/s1. The third kappa shape index (κ3) is 10.4. The molecule has 0 heterocycles. The second-order valence-corrected chi connectivity index (χ2v) is 12.3. The van der Waals surface area contributed by atoms with Gasteiger partial charge in [-0.3, -0.25) is 0 Å². The van der Waals surface area contributed by atoms with Gasteiger partial charge in [-0.2, -0.15) is 0 Å². The lowest BCUT2D eigenvalue weighted by Gasteiger charge is -2.25. The van der Waals surface area contributed by atoms with E-state index < -0.39 is 24.1 Å². The molecular formula is C36H36Br2O7. The topological polar surface area (TPSA) is 80.3 Å². The summed E-state index contributed by atoms with van der Waals surface area (Å²) in [6.07, 6.45) is 1.58. The highest BCUT2D eigenvalue weighted by Gasteiger charge is 2.25. The van der Waals surface area contributed by atoms with Crippen molar-refractivity contribution in [3.05, 3.63) is 122 Å². The van der Waals surface area contributed by atoms with E-state index in [9.17, 15) is 9.59 Å². The molecule has 0 aliphatic rings. The second kappa shape index (κ2) is 17.0. The van der Waals surface area contributed by atoms with Crippen LogP contribution in [0.25, 0.3) is 0 Å². The number of hydrogen-bond donors (Lipinski definition) is 0. The van der Waals surface area contributed by atoms with Crippen LogP contribution in [0, 0.1) is 0 Å². The molecule has 0 aliphatic carbocycles. The Hall–Kier alpha value is -3.82. The van der Waals surface area contributed by atoms with E-state index >= 15 is 0 Å². The van der Waals surface area contributed by atoms with Gasteiger partial charge >= 0.3 is 11.9 Å². The summed E-state index contributed by atoms with van der Waals surface area (Å²) < 4.78 is 30.1. The predicted molar refractivity (Wildman–Crippen MR) is 180 cm³/mol. The molecule has 236 valence electrons. The molecule has 0 fully saturated rings. The van der Waals surface area contributed by atoms with E-state index in [2.05, 4.69) is 31.9 Å². The van der Waals surface area contributed by atoms with Crippen molar-refractivity contribution in [2.45, 2.75) is 44.3 Å². The average Bonchev–Trinajstić information content (AvgIpc) is 3.06. The largest absolute Gasteiger partial charge is 0.497 e. The van der Waals surface area contributed by atoms with E-state index in [1.165, 1.54) is 0 Å². The highest BCUT2D eigenvalue weighted by molar-refractivity contribution is 9.10. The molecule has 45 heavy (non-hydrogen) atoms. The Kier molecular flexibility index (Phi) is 12.9. The maximum absolute atomic E-state index is 13.3. The number of hydrogen-bond acceptors (Lipinski definition) is 7. The van der Waals surface area contributed by atoms with Crippen LogP contribution in [0.1, 0.15) is 51.1 Å². The third-order valence-corrected chi connectivity index (χ3v) is 8.41. The van der Waals surface area contributed by atoms with Crippen molar-refractivity contribution in [1.29, 1.82) is 0 Å². The number of ether oxygens (including phenoxy) is 5. The summed E-state index contributed by atoms with van der Waals surface area (Å²) in [5, 5.41) is 0. The number of benzene rings is 4. The fourth-order valence-electron chi connectivity index (χ4n) is 4.84. The van der Waals surface area contributed by atoms with Gasteiger partial charge in [0.05, 0.1) is 32.5 Å². The molecule has 4 aromatic rings. The van der Waals surface area contributed by atoms with E-state index in [-0.39, 0.29) is 0 Å². The molecule has 0 aromatic heterocycles. The van der Waals surface area contributed by atoms with E-state index in [0.29, 0.717) is 54.7 Å². The Bertz CT molecular complexity index is 1540. The van der Waals surface area contributed by atoms with Crippen molar-refractivity contribution in [1.82, 2.24) is 0 Å². The Morgan fingerprint density at radius 1 is 0.578 bits per heavy atom. The molecular weight excluding hydrogens is 704 g/mol. The van der Waals surface area contributed by atoms with Crippen LogP contribution in [0.2, 0.25) is 0 Å². The Balaban J connectivity index is 1.56. The van der Waals surface area contributed by atoms with E-state index in [1.807, 2.05) is 42.5 Å². The number of methoxy groups -OCH3 is 3. The van der Waals surface area contributed by atoms with Crippen LogP contribution >= 0.6 is 31.9 Å². The van der Waals surface area contributed by atoms with Gasteiger partial charge < -0.3 is 23.7 Å². The molecule has 0 radical (unpaired) electrons. The van der Waals surface area contributed by atoms with Gasteiger partial charge in [0.25, 0.3) is 0 Å². The van der Waals surface area contributed by atoms with Gasteiger partial charge in [-0.15, -0.1) is 0 Å². The minimum atomic E-state index is -0.534. The zero-order valence-electron chi connectivity index (χ0n) is 25.5. The SMILES string of the molecule is COc1ccc(CC[C@@H](C[C@H](CCc2ccc(OC)c(OC)c2)OC(=O)c2ccc(Br)cc2)OC(=O)c2ccc(Br)cc2)cc1. The van der Waals surface area contributed by atoms with Gasteiger partial charge in [-0.25, -0.2) is 9.59 Å². The molecule has 4 aromatic carbocycles. The van der Waals surface area contributed by atoms with Crippen molar-refractivity contribution in [3.63, 3.8) is 0 Å². The quantitative estimate of drug-likeness (QED) is 0.113. The number of esters is 2. The Morgan fingerprint density at radius 3 is 1.51 bits per heavy atom. The fourth-order valence-corrected chi connectivity index (χ4v) is 5.37. The molecule has 4 rings (SSSR count). The molecule has 0 saturated heterocycles. The summed E-state index contributed by atoms with van der Waals surface area (Å²) in [4.78, 5) is 26.5. The minimum Gasteiger partial charge on any atom is -0.497 e. The van der Waals surface area contributed by atoms with Gasteiger partial charge in [0.15, 0.2) is 11.5 Å². The third-order valence-electron chi connectivity index (χ3n) is 7.35. The fraction of sp³-hybridized carbons (Fsp3) is 0.278. The van der Waals surface area contributed by atoms with Crippen molar-refractivity contribution in [2.75, 3.05) is 21.3 Å². The molecule has 7 nitrogen and oxygen atoms in total. The van der Waals surface area contributed by atoms with Gasteiger partial charge in [-0.05, 0) is 110 Å². The summed E-state index contributed by atoms with van der Waals surface area (Å²) in [5.74, 6) is 1.16. The number of aryl methyl sites for hydroxylation is 2. The van der Waals surface area contributed by atoms with E-state index in [0.717, 1.165) is 25.8 Å². The van der Waals surface area contributed by atoms with Crippen molar-refractivity contribution >= 4 is 43.8 Å². The van der Waals surface area contributed by atoms with Crippen LogP contribution in [0.5, 0.6) is 17.2 Å². The number of carbonyl (C=O) groups excluding carboxylic acids is 2. The zero-order chi connectivity index (χ0) is 32.2. The maximum Gasteiger partial charge on any atom is 0.338 e. The van der Waals surface area contributed by atoms with Gasteiger partial charge in [-0.1, -0.05) is 50.1 Å². The monoisotopic (exact) mass is 738 g/mol. The normalized spacial score (nSPS) is 12.1. The molecule has 0 N–H and O–H groups in total. The summed E-state index contributed by atoms with van der Waals surface area (Å²) >= 11 is 6.82. The first-order valence-corrected chi connectivity index (χ1v) is 16.1. The summed E-state index contributed by atoms with van der Waals surface area (Å²) in [6, 6.07) is 27.6. The summed E-state index contributed by atoms with van der Waals surface area (Å²) in [6.45, 7) is 0. The van der Waals surface area contributed by atoms with Gasteiger partial charge in [0.2, 0.25) is 0 Å². The van der Waals surface area contributed by atoms with Crippen LogP contribution in [0.4, 0.5) is 0 Å². The van der Waals surface area contributed by atoms with Crippen LogP contribution in [0.3, 0.4) is 0 Å². The average molecular weight is 740 g/mol. The van der Waals surface area contributed by atoms with Crippen LogP contribution in [-0.2, 0) is 22.3 Å². The smallest absolute Gasteiger partial charge is 0.338 e. The first-order chi connectivity index (χ1) is 21.8. The van der Waals surface area contributed by atoms with Gasteiger partial charge in [0, 0.05) is 15.4 Å². The molecule has 2 atom stereocenters. The molecule has 0 bridgehead atoms. The molecule has 0 amide bonds. The Morgan fingerprint density at radius 2 is 1.04 bits per heavy atom. The van der Waals surface area contributed by atoms with Crippen molar-refractivity contribution in [3.8, 4) is 17.2 Å². The van der Waals surface area contributed by atoms with E-state index in [4.69, 9.17) is 23.7 Å².